The molecule has 10 nitrogen and oxygen atoms in total. The van der Waals surface area contributed by atoms with Crippen molar-refractivity contribution in [3.63, 3.8) is 0 Å². The number of benzene rings is 3. The van der Waals surface area contributed by atoms with Gasteiger partial charge in [0.2, 0.25) is 5.91 Å². The van der Waals surface area contributed by atoms with Gasteiger partial charge in [-0.2, -0.15) is 0 Å². The number of aryl methyl sites for hydroxylation is 1. The van der Waals surface area contributed by atoms with Gasteiger partial charge in [0, 0.05) is 29.6 Å². The zero-order valence-corrected chi connectivity index (χ0v) is 22.4. The predicted octanol–water partition coefficient (Wildman–Crippen LogP) is 4.63. The van der Waals surface area contributed by atoms with Crippen LogP contribution in [0.1, 0.15) is 40.9 Å². The molecule has 0 aliphatic carbocycles. The van der Waals surface area contributed by atoms with Crippen LogP contribution in [0.3, 0.4) is 0 Å². The molecular weight excluding hydrogens is 524 g/mol. The molecule has 0 aliphatic rings. The van der Waals surface area contributed by atoms with E-state index in [0.29, 0.717) is 23.4 Å². The number of aliphatic carboxylic acids is 1. The molecule has 3 aromatic carbocycles. The molecule has 5 N–H and O–H groups in total. The molecule has 0 unspecified atom stereocenters. The fourth-order valence-electron chi connectivity index (χ4n) is 4.29. The van der Waals surface area contributed by atoms with E-state index in [9.17, 15) is 19.2 Å². The largest absolute Gasteiger partial charge is 0.481 e. The highest BCUT2D eigenvalue weighted by Crippen LogP contribution is 2.19. The van der Waals surface area contributed by atoms with E-state index in [2.05, 4.69) is 20.9 Å². The number of carboxylic acids is 1. The Hall–Kier alpha value is -5.12. The number of carbonyl (C=O) groups is 4. The van der Waals surface area contributed by atoms with Crippen LogP contribution in [0.2, 0.25) is 0 Å². The van der Waals surface area contributed by atoms with E-state index in [1.54, 1.807) is 30.3 Å². The number of hydrogen-bond acceptors (Lipinski definition) is 5. The van der Waals surface area contributed by atoms with E-state index in [4.69, 9.17) is 9.84 Å². The van der Waals surface area contributed by atoms with Gasteiger partial charge >= 0.3 is 12.1 Å². The number of nitrogens with one attached hydrogen (secondary N) is 4. The third-order valence-corrected chi connectivity index (χ3v) is 6.43. The number of alkyl carbamates (subject to hydrolysis) is 1. The summed E-state index contributed by atoms with van der Waals surface area (Å²) in [4.78, 5) is 52.7. The minimum absolute atomic E-state index is 0.0839. The number of para-hydroxylation sites is 2. The quantitative estimate of drug-likeness (QED) is 0.152. The molecule has 0 saturated carbocycles. The first kappa shape index (κ1) is 28.9. The number of carbonyl (C=O) groups excluding carboxylic acids is 3. The van der Waals surface area contributed by atoms with Gasteiger partial charge in [0.05, 0.1) is 0 Å². The van der Waals surface area contributed by atoms with Crippen molar-refractivity contribution in [3.8, 4) is 0 Å². The first-order chi connectivity index (χ1) is 19.9. The lowest BCUT2D eigenvalue weighted by molar-refractivity contribution is -0.137. The van der Waals surface area contributed by atoms with E-state index < -0.39 is 29.9 Å². The molecule has 0 spiro atoms. The average Bonchev–Trinajstić information content (AvgIpc) is 3.42. The Kier molecular flexibility index (Phi) is 10.1. The summed E-state index contributed by atoms with van der Waals surface area (Å²) in [5.74, 6) is -1.84. The summed E-state index contributed by atoms with van der Waals surface area (Å²) in [6.45, 7) is 0.369. The maximum Gasteiger partial charge on any atom is 0.407 e. The van der Waals surface area contributed by atoms with Crippen molar-refractivity contribution >= 4 is 40.5 Å². The highest BCUT2D eigenvalue weighted by molar-refractivity contribution is 6.02. The standard InChI is InChI=1S/C31H32N4O6/c36-28(37)17-16-22-11-4-6-13-24(22)34-29(38)26(35-30(39)27-19-23-12-5-7-14-25(23)33-27)15-8-18-32-31(40)41-20-21-9-2-1-3-10-21/h1-7,9-14,19,26,33H,8,15-18,20H2,(H,32,40)(H,34,38)(H,35,39)(H,36,37)/t26-/m0/s1. The summed E-state index contributed by atoms with van der Waals surface area (Å²) < 4.78 is 5.22. The number of carboxylic acid groups (broad SMARTS) is 1. The number of fused-ring (bicyclic) bond motifs is 1. The van der Waals surface area contributed by atoms with Crippen LogP contribution < -0.4 is 16.0 Å². The van der Waals surface area contributed by atoms with Crippen LogP contribution in [0.25, 0.3) is 10.9 Å². The summed E-state index contributed by atoms with van der Waals surface area (Å²) in [5, 5.41) is 18.2. The van der Waals surface area contributed by atoms with Gasteiger partial charge in [-0.25, -0.2) is 4.79 Å². The lowest BCUT2D eigenvalue weighted by Gasteiger charge is -2.19. The average molecular weight is 557 g/mol. The molecule has 41 heavy (non-hydrogen) atoms. The summed E-state index contributed by atoms with van der Waals surface area (Å²) in [5.41, 5.74) is 3.12. The van der Waals surface area contributed by atoms with Crippen molar-refractivity contribution in [2.75, 3.05) is 11.9 Å². The van der Waals surface area contributed by atoms with Gasteiger partial charge in [0.15, 0.2) is 0 Å². The first-order valence-electron chi connectivity index (χ1n) is 13.3. The molecule has 10 heteroatoms. The number of ether oxygens (including phenoxy) is 1. The monoisotopic (exact) mass is 556 g/mol. The van der Waals surface area contributed by atoms with Crippen LogP contribution in [0.5, 0.6) is 0 Å². The minimum atomic E-state index is -0.940. The Morgan fingerprint density at radius 2 is 1.63 bits per heavy atom. The second-order valence-electron chi connectivity index (χ2n) is 9.47. The Bertz CT molecular complexity index is 1470. The van der Waals surface area contributed by atoms with Crippen molar-refractivity contribution in [1.82, 2.24) is 15.6 Å². The Labute approximate surface area is 237 Å². The van der Waals surface area contributed by atoms with Gasteiger partial charge in [-0.15, -0.1) is 0 Å². The van der Waals surface area contributed by atoms with Gasteiger partial charge in [0.1, 0.15) is 18.3 Å². The summed E-state index contributed by atoms with van der Waals surface area (Å²) in [7, 11) is 0. The lowest BCUT2D eigenvalue weighted by atomic mass is 10.1. The second kappa shape index (κ2) is 14.3. The Balaban J connectivity index is 1.39. The van der Waals surface area contributed by atoms with E-state index in [-0.39, 0.29) is 32.4 Å². The molecule has 1 heterocycles. The second-order valence-corrected chi connectivity index (χ2v) is 9.47. The highest BCUT2D eigenvalue weighted by atomic mass is 16.5. The number of rotatable bonds is 13. The summed E-state index contributed by atoms with van der Waals surface area (Å²) in [6, 6.07) is 24.5. The van der Waals surface area contributed by atoms with Crippen LogP contribution in [0, 0.1) is 0 Å². The number of aromatic amines is 1. The number of hydrogen-bond donors (Lipinski definition) is 5. The molecular formula is C31H32N4O6. The van der Waals surface area contributed by atoms with Gasteiger partial charge in [-0.1, -0.05) is 66.7 Å². The maximum atomic E-state index is 13.4. The topological polar surface area (TPSA) is 150 Å². The zero-order chi connectivity index (χ0) is 29.0. The van der Waals surface area contributed by atoms with Gasteiger partial charge in [0.25, 0.3) is 5.91 Å². The van der Waals surface area contributed by atoms with E-state index in [0.717, 1.165) is 16.5 Å². The van der Waals surface area contributed by atoms with Crippen molar-refractivity contribution < 1.29 is 29.0 Å². The highest BCUT2D eigenvalue weighted by Gasteiger charge is 2.23. The van der Waals surface area contributed by atoms with Crippen LogP contribution in [-0.4, -0.2) is 46.6 Å². The predicted molar refractivity (Wildman–Crippen MR) is 154 cm³/mol. The van der Waals surface area contributed by atoms with Gasteiger partial charge in [-0.05, 0) is 48.6 Å². The molecule has 3 amide bonds. The molecule has 1 aromatic heterocycles. The maximum absolute atomic E-state index is 13.4. The molecule has 0 aliphatic heterocycles. The van der Waals surface area contributed by atoms with Crippen LogP contribution in [0.4, 0.5) is 10.5 Å². The molecule has 0 fully saturated rings. The Morgan fingerprint density at radius 1 is 0.902 bits per heavy atom. The molecule has 0 radical (unpaired) electrons. The molecule has 4 rings (SSSR count). The van der Waals surface area contributed by atoms with E-state index in [1.807, 2.05) is 54.6 Å². The SMILES string of the molecule is O=C(O)CCc1ccccc1NC(=O)[C@H](CCCNC(=O)OCc1ccccc1)NC(=O)c1cc2ccccc2[nH]1. The van der Waals surface area contributed by atoms with E-state index >= 15 is 0 Å². The summed E-state index contributed by atoms with van der Waals surface area (Å²) in [6.07, 6.45) is 0.191. The first-order valence-corrected chi connectivity index (χ1v) is 13.3. The third-order valence-electron chi connectivity index (χ3n) is 6.43. The summed E-state index contributed by atoms with van der Waals surface area (Å²) >= 11 is 0. The smallest absolute Gasteiger partial charge is 0.407 e. The molecule has 1 atom stereocenters. The number of amides is 3. The van der Waals surface area contributed by atoms with Crippen LogP contribution in [-0.2, 0) is 27.4 Å². The molecule has 0 bridgehead atoms. The zero-order valence-electron chi connectivity index (χ0n) is 22.4. The number of H-pyrrole nitrogens is 1. The lowest BCUT2D eigenvalue weighted by Crippen LogP contribution is -2.44. The van der Waals surface area contributed by atoms with Gasteiger partial charge in [-0.3, -0.25) is 14.4 Å². The number of aromatic nitrogens is 1. The van der Waals surface area contributed by atoms with Crippen molar-refractivity contribution in [2.45, 2.75) is 38.3 Å². The number of anilines is 1. The van der Waals surface area contributed by atoms with Crippen LogP contribution in [0.15, 0.2) is 84.9 Å². The van der Waals surface area contributed by atoms with E-state index in [1.165, 1.54) is 0 Å². The molecule has 4 aromatic rings. The van der Waals surface area contributed by atoms with Crippen LogP contribution >= 0.6 is 0 Å². The van der Waals surface area contributed by atoms with Crippen molar-refractivity contribution in [2.24, 2.45) is 0 Å². The normalized spacial score (nSPS) is 11.4. The minimum Gasteiger partial charge on any atom is -0.481 e. The Morgan fingerprint density at radius 3 is 2.41 bits per heavy atom. The third kappa shape index (κ3) is 8.69. The molecule has 212 valence electrons. The van der Waals surface area contributed by atoms with Crippen molar-refractivity contribution in [3.05, 3.63) is 102 Å². The molecule has 0 saturated heterocycles. The van der Waals surface area contributed by atoms with Crippen molar-refractivity contribution in [1.29, 1.82) is 0 Å². The van der Waals surface area contributed by atoms with Gasteiger partial charge < -0.3 is 30.8 Å². The fraction of sp³-hybridized carbons (Fsp3) is 0.226. The fourth-order valence-corrected chi connectivity index (χ4v) is 4.29.